The van der Waals surface area contributed by atoms with Gasteiger partial charge < -0.3 is 4.98 Å². The lowest BCUT2D eigenvalue weighted by molar-refractivity contribution is 0.878. The third-order valence-corrected chi connectivity index (χ3v) is 4.13. The molecule has 0 saturated heterocycles. The lowest BCUT2D eigenvalue weighted by atomic mass is 10.2. The van der Waals surface area contributed by atoms with Crippen LogP contribution in [0.3, 0.4) is 0 Å². The van der Waals surface area contributed by atoms with Crippen molar-refractivity contribution in [1.29, 1.82) is 0 Å². The van der Waals surface area contributed by atoms with Crippen molar-refractivity contribution in [3.05, 3.63) is 54.4 Å². The van der Waals surface area contributed by atoms with E-state index in [0.29, 0.717) is 5.16 Å². The molecule has 102 valence electrons. The molecule has 0 radical (unpaired) electrons. The van der Waals surface area contributed by atoms with Gasteiger partial charge in [-0.3, -0.25) is 4.98 Å². The van der Waals surface area contributed by atoms with Crippen molar-refractivity contribution in [2.45, 2.75) is 10.9 Å². The van der Waals surface area contributed by atoms with Crippen LogP contribution >= 0.6 is 11.8 Å². The van der Waals surface area contributed by atoms with Crippen LogP contribution < -0.4 is 0 Å². The van der Waals surface area contributed by atoms with Crippen molar-refractivity contribution in [2.24, 2.45) is 0 Å². The van der Waals surface area contributed by atoms with E-state index in [1.54, 1.807) is 24.2 Å². The maximum Gasteiger partial charge on any atom is 0.211 e. The Balaban J connectivity index is 1.66. The van der Waals surface area contributed by atoms with Gasteiger partial charge in [0.25, 0.3) is 0 Å². The third kappa shape index (κ3) is 2.34. The second-order valence-corrected chi connectivity index (χ2v) is 5.55. The Hall–Kier alpha value is -2.47. The number of hydrogen-bond donors (Lipinski definition) is 1. The molecule has 0 spiro atoms. The molecule has 4 aromatic rings. The summed E-state index contributed by atoms with van der Waals surface area (Å²) in [7, 11) is 0. The molecule has 1 N–H and O–H groups in total. The summed E-state index contributed by atoms with van der Waals surface area (Å²) in [5, 5.41) is 10.2. The van der Waals surface area contributed by atoms with Crippen molar-refractivity contribution in [2.75, 3.05) is 0 Å². The SMILES string of the molecule is c1ccc2c(c1)[nH]c1nc(SCc3ccncc3)nnc12. The highest BCUT2D eigenvalue weighted by molar-refractivity contribution is 7.98. The summed E-state index contributed by atoms with van der Waals surface area (Å²) >= 11 is 1.57. The molecular formula is C15H11N5S. The lowest BCUT2D eigenvalue weighted by Crippen LogP contribution is -1.92. The summed E-state index contributed by atoms with van der Waals surface area (Å²) in [4.78, 5) is 11.8. The smallest absolute Gasteiger partial charge is 0.211 e. The standard InChI is InChI=1S/C15H11N5S/c1-2-4-12-11(3-1)13-14(17-12)18-15(20-19-13)21-9-10-5-7-16-8-6-10/h1-8H,9H2,(H,17,18,20). The molecule has 0 amide bonds. The molecule has 0 aliphatic heterocycles. The van der Waals surface area contributed by atoms with Gasteiger partial charge in [0.05, 0.1) is 0 Å². The van der Waals surface area contributed by atoms with Crippen LogP contribution in [0.25, 0.3) is 22.1 Å². The molecule has 3 heterocycles. The molecule has 1 aromatic carbocycles. The van der Waals surface area contributed by atoms with Gasteiger partial charge in [-0.05, 0) is 23.8 Å². The molecular weight excluding hydrogens is 282 g/mol. The van der Waals surface area contributed by atoms with Gasteiger partial charge in [0.1, 0.15) is 5.52 Å². The Bertz CT molecular complexity index is 904. The molecule has 21 heavy (non-hydrogen) atoms. The summed E-state index contributed by atoms with van der Waals surface area (Å²) < 4.78 is 0. The number of H-pyrrole nitrogens is 1. The highest BCUT2D eigenvalue weighted by Crippen LogP contribution is 2.24. The number of hydrogen-bond acceptors (Lipinski definition) is 5. The number of fused-ring (bicyclic) bond motifs is 3. The molecule has 5 nitrogen and oxygen atoms in total. The van der Waals surface area contributed by atoms with Crippen molar-refractivity contribution in [3.8, 4) is 0 Å². The monoisotopic (exact) mass is 293 g/mol. The topological polar surface area (TPSA) is 67.3 Å². The number of aromatic nitrogens is 5. The minimum Gasteiger partial charge on any atom is -0.338 e. The van der Waals surface area contributed by atoms with Gasteiger partial charge in [0, 0.05) is 29.0 Å². The Morgan fingerprint density at radius 3 is 2.76 bits per heavy atom. The van der Waals surface area contributed by atoms with Crippen molar-refractivity contribution < 1.29 is 0 Å². The van der Waals surface area contributed by atoms with E-state index in [2.05, 4.69) is 25.1 Å². The molecule has 3 aromatic heterocycles. The quantitative estimate of drug-likeness (QED) is 0.587. The first-order valence-corrected chi connectivity index (χ1v) is 7.51. The largest absolute Gasteiger partial charge is 0.338 e. The summed E-state index contributed by atoms with van der Waals surface area (Å²) in [5.41, 5.74) is 3.82. The Morgan fingerprint density at radius 2 is 1.86 bits per heavy atom. The minimum atomic E-state index is 0.672. The van der Waals surface area contributed by atoms with Gasteiger partial charge >= 0.3 is 0 Å². The first-order chi connectivity index (χ1) is 10.4. The van der Waals surface area contributed by atoms with E-state index in [4.69, 9.17) is 0 Å². The zero-order chi connectivity index (χ0) is 14.1. The normalized spacial score (nSPS) is 11.2. The number of thioether (sulfide) groups is 1. The van der Waals surface area contributed by atoms with Crippen molar-refractivity contribution in [1.82, 2.24) is 25.1 Å². The predicted octanol–water partition coefficient (Wildman–Crippen LogP) is 3.19. The number of benzene rings is 1. The van der Waals surface area contributed by atoms with Gasteiger partial charge in [0.2, 0.25) is 5.16 Å². The first kappa shape index (κ1) is 12.3. The van der Waals surface area contributed by atoms with Gasteiger partial charge in [-0.2, -0.15) is 0 Å². The lowest BCUT2D eigenvalue weighted by Gasteiger charge is -1.99. The minimum absolute atomic E-state index is 0.672. The fourth-order valence-corrected chi connectivity index (χ4v) is 2.94. The van der Waals surface area contributed by atoms with Crippen LogP contribution in [0.5, 0.6) is 0 Å². The fourth-order valence-electron chi connectivity index (χ4n) is 2.19. The maximum absolute atomic E-state index is 4.55. The van der Waals surface area contributed by atoms with Crippen LogP contribution in [0, 0.1) is 0 Å². The molecule has 4 rings (SSSR count). The van der Waals surface area contributed by atoms with Crippen LogP contribution in [0.4, 0.5) is 0 Å². The second kappa shape index (κ2) is 5.14. The van der Waals surface area contributed by atoms with Crippen LogP contribution in [0.2, 0.25) is 0 Å². The fraction of sp³-hybridized carbons (Fsp3) is 0.0667. The number of para-hydroxylation sites is 1. The summed E-state index contributed by atoms with van der Waals surface area (Å²) in [6.07, 6.45) is 3.58. The van der Waals surface area contributed by atoms with E-state index in [-0.39, 0.29) is 0 Å². The first-order valence-electron chi connectivity index (χ1n) is 6.53. The van der Waals surface area contributed by atoms with E-state index in [1.165, 1.54) is 5.56 Å². The summed E-state index contributed by atoms with van der Waals surface area (Å²) in [5.74, 6) is 0.802. The molecule has 0 unspecified atom stereocenters. The highest BCUT2D eigenvalue weighted by Gasteiger charge is 2.08. The highest BCUT2D eigenvalue weighted by atomic mass is 32.2. The Morgan fingerprint density at radius 1 is 1.00 bits per heavy atom. The van der Waals surface area contributed by atoms with Gasteiger partial charge in [0.15, 0.2) is 5.65 Å². The number of aromatic amines is 1. The van der Waals surface area contributed by atoms with Crippen molar-refractivity contribution >= 4 is 33.8 Å². The zero-order valence-corrected chi connectivity index (χ0v) is 11.8. The van der Waals surface area contributed by atoms with Gasteiger partial charge in [-0.25, -0.2) is 4.98 Å². The maximum atomic E-state index is 4.55. The Kier molecular flexibility index (Phi) is 3.01. The van der Waals surface area contributed by atoms with Crippen LogP contribution in [-0.2, 0) is 5.75 Å². The van der Waals surface area contributed by atoms with Crippen LogP contribution in [0.1, 0.15) is 5.56 Å². The number of pyridine rings is 1. The molecule has 0 bridgehead atoms. The molecule has 0 atom stereocenters. The number of rotatable bonds is 3. The van der Waals surface area contributed by atoms with Crippen molar-refractivity contribution in [3.63, 3.8) is 0 Å². The van der Waals surface area contributed by atoms with Crippen LogP contribution in [-0.4, -0.2) is 25.1 Å². The molecule has 0 aliphatic carbocycles. The number of nitrogens with zero attached hydrogens (tertiary/aromatic N) is 4. The second-order valence-electron chi connectivity index (χ2n) is 4.61. The van der Waals surface area contributed by atoms with Gasteiger partial charge in [-0.1, -0.05) is 30.0 Å². The van der Waals surface area contributed by atoms with E-state index >= 15 is 0 Å². The predicted molar refractivity (Wildman–Crippen MR) is 83.0 cm³/mol. The van der Waals surface area contributed by atoms with Gasteiger partial charge in [-0.15, -0.1) is 10.2 Å². The van der Waals surface area contributed by atoms with E-state index in [0.717, 1.165) is 27.8 Å². The zero-order valence-electron chi connectivity index (χ0n) is 11.0. The van der Waals surface area contributed by atoms with E-state index < -0.39 is 0 Å². The summed E-state index contributed by atoms with van der Waals surface area (Å²) in [6, 6.07) is 12.0. The molecule has 0 aliphatic rings. The van der Waals surface area contributed by atoms with E-state index in [9.17, 15) is 0 Å². The molecule has 0 saturated carbocycles. The average Bonchev–Trinajstić information content (AvgIpc) is 2.91. The molecule has 6 heteroatoms. The number of nitrogens with one attached hydrogen (secondary N) is 1. The van der Waals surface area contributed by atoms with Crippen LogP contribution in [0.15, 0.2) is 53.9 Å². The molecule has 0 fully saturated rings. The average molecular weight is 293 g/mol. The third-order valence-electron chi connectivity index (χ3n) is 3.22. The van der Waals surface area contributed by atoms with E-state index in [1.807, 2.05) is 36.4 Å². The summed E-state index contributed by atoms with van der Waals surface area (Å²) in [6.45, 7) is 0. The Labute approximate surface area is 124 Å².